The molecule has 0 aliphatic carbocycles. The summed E-state index contributed by atoms with van der Waals surface area (Å²) in [5.74, 6) is 1.04. The highest BCUT2D eigenvalue weighted by molar-refractivity contribution is 8.22. The molecule has 100 valence electrons. The molecule has 1 rings (SSSR count). The number of hydrogen-bond acceptors (Lipinski definition) is 3. The van der Waals surface area contributed by atoms with Gasteiger partial charge in [-0.3, -0.25) is 0 Å². The molecule has 0 bridgehead atoms. The molecule has 0 heterocycles. The zero-order chi connectivity index (χ0) is 13.4. The lowest BCUT2D eigenvalue weighted by Crippen LogP contribution is -2.32. The molecule has 1 aromatic carbocycles. The number of hydrogen-bond donors (Lipinski definition) is 0. The predicted molar refractivity (Wildman–Crippen MR) is 89.5 cm³/mol. The minimum atomic E-state index is 0.434. The highest BCUT2D eigenvalue weighted by atomic mass is 32.2. The van der Waals surface area contributed by atoms with Crippen molar-refractivity contribution in [1.82, 2.24) is 4.90 Å². The monoisotopic (exact) mass is 299 g/mol. The van der Waals surface area contributed by atoms with Crippen molar-refractivity contribution in [3.8, 4) is 0 Å². The van der Waals surface area contributed by atoms with E-state index < -0.39 is 0 Å². The molecule has 0 aliphatic rings. The molecule has 4 heteroatoms. The highest BCUT2D eigenvalue weighted by Gasteiger charge is 2.17. The van der Waals surface area contributed by atoms with Crippen LogP contribution in [0.25, 0.3) is 0 Å². The van der Waals surface area contributed by atoms with Gasteiger partial charge in [-0.15, -0.1) is 11.8 Å². The third kappa shape index (κ3) is 5.21. The molecular formula is C14H21NS3. The molecular weight excluding hydrogens is 278 g/mol. The van der Waals surface area contributed by atoms with E-state index in [1.165, 1.54) is 11.3 Å². The minimum absolute atomic E-state index is 0.434. The molecule has 0 fully saturated rings. The fraction of sp³-hybridized carbons (Fsp3) is 0.500. The van der Waals surface area contributed by atoms with Crippen LogP contribution in [0.15, 0.2) is 35.2 Å². The first-order valence-electron chi connectivity index (χ1n) is 6.30. The molecule has 1 unspecified atom stereocenters. The first-order valence-corrected chi connectivity index (χ1v) is 8.57. The average molecular weight is 300 g/mol. The van der Waals surface area contributed by atoms with Crippen molar-refractivity contribution >= 4 is 40.1 Å². The number of thioether (sulfide) groups is 2. The van der Waals surface area contributed by atoms with Crippen LogP contribution in [0, 0.1) is 0 Å². The Morgan fingerprint density at radius 2 is 1.94 bits per heavy atom. The van der Waals surface area contributed by atoms with Gasteiger partial charge >= 0.3 is 0 Å². The third-order valence-electron chi connectivity index (χ3n) is 2.54. The average Bonchev–Trinajstić information content (AvgIpc) is 2.39. The van der Waals surface area contributed by atoms with Gasteiger partial charge in [-0.1, -0.05) is 62.4 Å². The van der Waals surface area contributed by atoms with Crippen molar-refractivity contribution in [2.24, 2.45) is 0 Å². The maximum Gasteiger partial charge on any atom is 0.137 e. The molecule has 0 N–H and O–H groups in total. The summed E-state index contributed by atoms with van der Waals surface area (Å²) in [5.41, 5.74) is 0. The van der Waals surface area contributed by atoms with E-state index >= 15 is 0 Å². The standard InChI is InChI=1S/C14H21NS3/c1-4-9-13(15(3)14(16)17-5-2)18-12-10-7-6-8-11-12/h6-8,10-11,13H,4-5,9H2,1-3H3. The topological polar surface area (TPSA) is 3.24 Å². The number of rotatable bonds is 6. The Labute approximate surface area is 125 Å². The summed E-state index contributed by atoms with van der Waals surface area (Å²) in [6.07, 6.45) is 2.33. The molecule has 0 radical (unpaired) electrons. The van der Waals surface area contributed by atoms with Gasteiger partial charge in [0.15, 0.2) is 0 Å². The van der Waals surface area contributed by atoms with E-state index in [0.717, 1.165) is 16.5 Å². The highest BCUT2D eigenvalue weighted by Crippen LogP contribution is 2.29. The van der Waals surface area contributed by atoms with Crippen LogP contribution in [0.4, 0.5) is 0 Å². The quantitative estimate of drug-likeness (QED) is 0.418. The second-order valence-corrected chi connectivity index (χ2v) is 7.13. The zero-order valence-corrected chi connectivity index (χ0v) is 13.7. The molecule has 0 saturated heterocycles. The van der Waals surface area contributed by atoms with Crippen molar-refractivity contribution in [2.45, 2.75) is 37.0 Å². The van der Waals surface area contributed by atoms with E-state index in [1.54, 1.807) is 11.8 Å². The van der Waals surface area contributed by atoms with Crippen LogP contribution in [0.5, 0.6) is 0 Å². The molecule has 0 saturated carbocycles. The SMILES string of the molecule is CCCC(Sc1ccccc1)N(C)C(=S)SCC. The summed E-state index contributed by atoms with van der Waals surface area (Å²) < 4.78 is 0.999. The molecule has 0 spiro atoms. The van der Waals surface area contributed by atoms with Crippen LogP contribution in [-0.4, -0.2) is 27.4 Å². The summed E-state index contributed by atoms with van der Waals surface area (Å²) in [6.45, 7) is 4.37. The zero-order valence-electron chi connectivity index (χ0n) is 11.3. The smallest absolute Gasteiger partial charge is 0.137 e. The summed E-state index contributed by atoms with van der Waals surface area (Å²) in [7, 11) is 2.11. The maximum atomic E-state index is 5.46. The van der Waals surface area contributed by atoms with Gasteiger partial charge in [0, 0.05) is 11.9 Å². The van der Waals surface area contributed by atoms with Gasteiger partial charge in [0.05, 0.1) is 5.37 Å². The Morgan fingerprint density at radius 1 is 1.28 bits per heavy atom. The van der Waals surface area contributed by atoms with Crippen LogP contribution >= 0.6 is 35.7 Å². The Balaban J connectivity index is 2.67. The van der Waals surface area contributed by atoms with Crippen molar-refractivity contribution in [3.63, 3.8) is 0 Å². The van der Waals surface area contributed by atoms with Crippen LogP contribution < -0.4 is 0 Å². The van der Waals surface area contributed by atoms with E-state index in [2.05, 4.69) is 56.1 Å². The Morgan fingerprint density at radius 3 is 2.50 bits per heavy atom. The van der Waals surface area contributed by atoms with E-state index in [4.69, 9.17) is 12.2 Å². The molecule has 0 aliphatic heterocycles. The molecule has 1 atom stereocenters. The molecule has 18 heavy (non-hydrogen) atoms. The van der Waals surface area contributed by atoms with E-state index in [9.17, 15) is 0 Å². The normalized spacial score (nSPS) is 12.2. The van der Waals surface area contributed by atoms with Gasteiger partial charge in [0.25, 0.3) is 0 Å². The summed E-state index contributed by atoms with van der Waals surface area (Å²) in [6, 6.07) is 10.6. The molecule has 0 amide bonds. The van der Waals surface area contributed by atoms with Gasteiger partial charge in [-0.05, 0) is 24.3 Å². The first kappa shape index (κ1) is 15.9. The number of thiocarbonyl (C=S) groups is 1. The van der Waals surface area contributed by atoms with Gasteiger partial charge in [-0.25, -0.2) is 0 Å². The van der Waals surface area contributed by atoms with Crippen LogP contribution in [0.3, 0.4) is 0 Å². The van der Waals surface area contributed by atoms with Crippen molar-refractivity contribution < 1.29 is 0 Å². The van der Waals surface area contributed by atoms with E-state index in [0.29, 0.717) is 5.37 Å². The fourth-order valence-electron chi connectivity index (χ4n) is 1.58. The lowest BCUT2D eigenvalue weighted by atomic mass is 10.3. The number of nitrogens with zero attached hydrogens (tertiary/aromatic N) is 1. The van der Waals surface area contributed by atoms with Gasteiger partial charge in [0.1, 0.15) is 4.32 Å². The molecule has 0 aromatic heterocycles. The second kappa shape index (κ2) is 8.83. The Bertz CT molecular complexity index is 353. The lowest BCUT2D eigenvalue weighted by molar-refractivity contribution is 0.461. The lowest BCUT2D eigenvalue weighted by Gasteiger charge is -2.29. The summed E-state index contributed by atoms with van der Waals surface area (Å²) in [5, 5.41) is 0.434. The largest absolute Gasteiger partial charge is 0.348 e. The molecule has 1 nitrogen and oxygen atoms in total. The molecule has 1 aromatic rings. The van der Waals surface area contributed by atoms with E-state index in [-0.39, 0.29) is 0 Å². The summed E-state index contributed by atoms with van der Waals surface area (Å²) >= 11 is 9.11. The summed E-state index contributed by atoms with van der Waals surface area (Å²) in [4.78, 5) is 3.55. The van der Waals surface area contributed by atoms with Crippen LogP contribution in [-0.2, 0) is 0 Å². The maximum absolute atomic E-state index is 5.46. The van der Waals surface area contributed by atoms with Crippen molar-refractivity contribution in [3.05, 3.63) is 30.3 Å². The van der Waals surface area contributed by atoms with Crippen molar-refractivity contribution in [1.29, 1.82) is 0 Å². The third-order valence-corrected chi connectivity index (χ3v) is 5.37. The van der Waals surface area contributed by atoms with Gasteiger partial charge in [-0.2, -0.15) is 0 Å². The van der Waals surface area contributed by atoms with Crippen molar-refractivity contribution in [2.75, 3.05) is 12.8 Å². The first-order chi connectivity index (χ1) is 8.69. The van der Waals surface area contributed by atoms with Gasteiger partial charge < -0.3 is 4.90 Å². The van der Waals surface area contributed by atoms with Crippen LogP contribution in [0.1, 0.15) is 26.7 Å². The second-order valence-electron chi connectivity index (χ2n) is 3.98. The fourth-order valence-corrected chi connectivity index (χ4v) is 4.02. The minimum Gasteiger partial charge on any atom is -0.348 e. The Kier molecular flexibility index (Phi) is 7.79. The van der Waals surface area contributed by atoms with Gasteiger partial charge in [0.2, 0.25) is 0 Å². The number of benzene rings is 1. The van der Waals surface area contributed by atoms with Crippen LogP contribution in [0.2, 0.25) is 0 Å². The van der Waals surface area contributed by atoms with E-state index in [1.807, 2.05) is 11.8 Å². The Hall–Kier alpha value is -0.190. The predicted octanol–water partition coefficient (Wildman–Crippen LogP) is 4.87.